The van der Waals surface area contributed by atoms with Gasteiger partial charge in [-0.05, 0) is 30.3 Å². The van der Waals surface area contributed by atoms with Crippen LogP contribution in [0.4, 0.5) is 13.2 Å². The molecule has 2 aromatic carbocycles. The van der Waals surface area contributed by atoms with Crippen LogP contribution in [0.2, 0.25) is 5.02 Å². The Kier molecular flexibility index (Phi) is 4.83. The highest BCUT2D eigenvalue weighted by atomic mass is 35.5. The quantitative estimate of drug-likeness (QED) is 0.516. The fraction of sp³-hybridized carbons (Fsp3) is 0.0500. The maximum Gasteiger partial charge on any atom is 0.259 e. The van der Waals surface area contributed by atoms with E-state index in [1.54, 1.807) is 0 Å². The lowest BCUT2D eigenvalue weighted by Crippen LogP contribution is -2.17. The van der Waals surface area contributed by atoms with Gasteiger partial charge in [0.2, 0.25) is 0 Å². The highest BCUT2D eigenvalue weighted by Gasteiger charge is 2.25. The Labute approximate surface area is 171 Å². The molecule has 0 radical (unpaired) electrons. The number of nitrogens with zero attached hydrogens (tertiary/aromatic N) is 2. The third kappa shape index (κ3) is 3.03. The van der Waals surface area contributed by atoms with Crippen LogP contribution in [0.15, 0.2) is 47.4 Å². The Bertz CT molecular complexity index is 1360. The van der Waals surface area contributed by atoms with Crippen LogP contribution in [0.5, 0.6) is 0 Å². The molecule has 0 saturated heterocycles. The Morgan fingerprint density at radius 2 is 1.83 bits per heavy atom. The molecule has 0 aliphatic carbocycles. The minimum Gasteiger partial charge on any atom is -0.355 e. The first-order valence-electron chi connectivity index (χ1n) is 8.59. The van der Waals surface area contributed by atoms with E-state index in [1.807, 2.05) is 0 Å². The van der Waals surface area contributed by atoms with Crippen molar-refractivity contribution in [2.45, 2.75) is 0 Å². The molecule has 0 aliphatic heterocycles. The molecule has 0 spiro atoms. The molecule has 0 aliphatic rings. The number of hydrogen-bond donors (Lipinski definition) is 2. The van der Waals surface area contributed by atoms with Crippen molar-refractivity contribution in [1.82, 2.24) is 20.1 Å². The number of fused-ring (bicyclic) bond motifs is 1. The average Bonchev–Trinajstić information content (AvgIpc) is 3.11. The average molecular weight is 433 g/mol. The van der Waals surface area contributed by atoms with Crippen molar-refractivity contribution in [1.29, 1.82) is 0 Å². The van der Waals surface area contributed by atoms with Crippen LogP contribution in [0.3, 0.4) is 0 Å². The Hall–Kier alpha value is -3.59. The van der Waals surface area contributed by atoms with E-state index in [0.29, 0.717) is 0 Å². The summed E-state index contributed by atoms with van der Waals surface area (Å²) in [6, 6.07) is 6.68. The summed E-state index contributed by atoms with van der Waals surface area (Å²) in [6.07, 6.45) is 1.14. The predicted octanol–water partition coefficient (Wildman–Crippen LogP) is 3.81. The molecule has 30 heavy (non-hydrogen) atoms. The maximum atomic E-state index is 14.7. The topological polar surface area (TPSA) is 79.8 Å². The molecule has 2 heterocycles. The van der Waals surface area contributed by atoms with Gasteiger partial charge in [-0.15, -0.1) is 0 Å². The van der Waals surface area contributed by atoms with Crippen LogP contribution in [-0.2, 0) is 0 Å². The zero-order chi connectivity index (χ0) is 21.6. The van der Waals surface area contributed by atoms with Crippen molar-refractivity contribution < 1.29 is 18.0 Å². The number of hydrogen-bond acceptors (Lipinski definition) is 3. The number of rotatable bonds is 3. The number of H-pyrrole nitrogens is 1. The van der Waals surface area contributed by atoms with E-state index in [9.17, 15) is 22.8 Å². The number of aromatic nitrogens is 3. The molecule has 2 N–H and O–H groups in total. The smallest absolute Gasteiger partial charge is 0.259 e. The Morgan fingerprint density at radius 3 is 2.50 bits per heavy atom. The molecule has 0 atom stereocenters. The molecule has 0 bridgehead atoms. The molecule has 6 nitrogen and oxygen atoms in total. The van der Waals surface area contributed by atoms with Gasteiger partial charge < -0.3 is 10.3 Å². The number of halogens is 4. The zero-order valence-electron chi connectivity index (χ0n) is 15.3. The molecular weight excluding hydrogens is 421 g/mol. The van der Waals surface area contributed by atoms with Gasteiger partial charge in [0.15, 0.2) is 11.6 Å². The number of carbonyl (C=O) groups is 1. The van der Waals surface area contributed by atoms with Crippen LogP contribution in [0.25, 0.3) is 27.8 Å². The number of nitrogens with one attached hydrogen (secondary N) is 2. The summed E-state index contributed by atoms with van der Waals surface area (Å²) >= 11 is 6.20. The number of amides is 1. The summed E-state index contributed by atoms with van der Waals surface area (Å²) in [5.74, 6) is -3.20. The van der Waals surface area contributed by atoms with Gasteiger partial charge in [0, 0.05) is 24.4 Å². The van der Waals surface area contributed by atoms with Crippen molar-refractivity contribution in [2.75, 3.05) is 7.05 Å². The summed E-state index contributed by atoms with van der Waals surface area (Å²) in [7, 11) is 1.40. The van der Waals surface area contributed by atoms with E-state index in [4.69, 9.17) is 11.6 Å². The standard InChI is InChI=1S/C20H12ClF3N4O2/c1-25-19(29)9-5-6-12(22)10(7-9)16-15-17(11(21)8-26-20(15)30)28(27-16)18-13(23)3-2-4-14(18)24/h2-8H,1H3,(H,25,29)(H,26,30). The summed E-state index contributed by atoms with van der Waals surface area (Å²) < 4.78 is 44.4. The second kappa shape index (κ2) is 7.34. The Balaban J connectivity index is 2.13. The van der Waals surface area contributed by atoms with E-state index in [1.165, 1.54) is 25.2 Å². The lowest BCUT2D eigenvalue weighted by molar-refractivity contribution is 0.0963. The van der Waals surface area contributed by atoms with E-state index >= 15 is 0 Å². The molecular formula is C20H12ClF3N4O2. The minimum atomic E-state index is -0.957. The molecule has 4 aromatic rings. The first-order valence-corrected chi connectivity index (χ1v) is 8.97. The van der Waals surface area contributed by atoms with E-state index in [0.717, 1.165) is 29.1 Å². The normalized spacial score (nSPS) is 11.1. The van der Waals surface area contributed by atoms with Crippen LogP contribution in [0.1, 0.15) is 10.4 Å². The van der Waals surface area contributed by atoms with Gasteiger partial charge in [-0.1, -0.05) is 17.7 Å². The van der Waals surface area contributed by atoms with Gasteiger partial charge >= 0.3 is 0 Å². The monoisotopic (exact) mass is 432 g/mol. The van der Waals surface area contributed by atoms with Crippen LogP contribution in [-0.4, -0.2) is 27.7 Å². The molecule has 0 fully saturated rings. The van der Waals surface area contributed by atoms with Gasteiger partial charge in [0.25, 0.3) is 11.5 Å². The van der Waals surface area contributed by atoms with Crippen molar-refractivity contribution >= 4 is 28.4 Å². The van der Waals surface area contributed by atoms with Crippen LogP contribution in [0, 0.1) is 17.5 Å². The minimum absolute atomic E-state index is 0.0612. The molecule has 4 rings (SSSR count). The van der Waals surface area contributed by atoms with Gasteiger partial charge in [-0.25, -0.2) is 17.9 Å². The first-order chi connectivity index (χ1) is 14.3. The number of carbonyl (C=O) groups excluding carboxylic acids is 1. The number of aromatic amines is 1. The summed E-state index contributed by atoms with van der Waals surface area (Å²) in [5, 5.41) is 6.29. The SMILES string of the molecule is CNC(=O)c1ccc(F)c(-c2nn(-c3c(F)cccc3F)c3c(Cl)c[nH]c(=O)c23)c1. The van der Waals surface area contributed by atoms with Crippen molar-refractivity contribution in [3.63, 3.8) is 0 Å². The summed E-state index contributed by atoms with van der Waals surface area (Å²) in [4.78, 5) is 26.9. The van der Waals surface area contributed by atoms with Gasteiger partial charge in [0.1, 0.15) is 22.7 Å². The third-order valence-electron chi connectivity index (χ3n) is 4.53. The summed E-state index contributed by atoms with van der Waals surface area (Å²) in [6.45, 7) is 0. The summed E-state index contributed by atoms with van der Waals surface area (Å²) in [5.41, 5.74) is -1.71. The van der Waals surface area contributed by atoms with E-state index in [2.05, 4.69) is 15.4 Å². The molecule has 2 aromatic heterocycles. The van der Waals surface area contributed by atoms with Crippen molar-refractivity contribution in [3.8, 4) is 16.9 Å². The molecule has 10 heteroatoms. The predicted molar refractivity (Wildman–Crippen MR) is 105 cm³/mol. The lowest BCUT2D eigenvalue weighted by atomic mass is 10.0. The maximum absolute atomic E-state index is 14.7. The van der Waals surface area contributed by atoms with Gasteiger partial charge in [-0.2, -0.15) is 5.10 Å². The third-order valence-corrected chi connectivity index (χ3v) is 4.82. The van der Waals surface area contributed by atoms with Gasteiger partial charge in [-0.3, -0.25) is 9.59 Å². The fourth-order valence-electron chi connectivity index (χ4n) is 3.16. The zero-order valence-corrected chi connectivity index (χ0v) is 16.0. The van der Waals surface area contributed by atoms with Crippen molar-refractivity contribution in [2.24, 2.45) is 0 Å². The molecule has 0 saturated carbocycles. The lowest BCUT2D eigenvalue weighted by Gasteiger charge is -2.07. The second-order valence-corrected chi connectivity index (χ2v) is 6.70. The highest BCUT2D eigenvalue weighted by Crippen LogP contribution is 2.34. The molecule has 152 valence electrons. The number of para-hydroxylation sites is 1. The largest absolute Gasteiger partial charge is 0.355 e. The van der Waals surface area contributed by atoms with Crippen molar-refractivity contribution in [3.05, 3.63) is 81.0 Å². The van der Waals surface area contributed by atoms with Gasteiger partial charge in [0.05, 0.1) is 10.4 Å². The number of pyridine rings is 1. The highest BCUT2D eigenvalue weighted by molar-refractivity contribution is 6.35. The van der Waals surface area contributed by atoms with Crippen LogP contribution < -0.4 is 10.9 Å². The second-order valence-electron chi connectivity index (χ2n) is 6.29. The fourth-order valence-corrected chi connectivity index (χ4v) is 3.39. The number of benzene rings is 2. The first kappa shape index (κ1) is 19.7. The molecule has 1 amide bonds. The van der Waals surface area contributed by atoms with Crippen LogP contribution >= 0.6 is 11.6 Å². The van der Waals surface area contributed by atoms with E-state index < -0.39 is 34.6 Å². The van der Waals surface area contributed by atoms with E-state index in [-0.39, 0.29) is 32.7 Å². The molecule has 0 unspecified atom stereocenters. The Morgan fingerprint density at radius 1 is 1.13 bits per heavy atom.